The molecular weight excluding hydrogens is 408 g/mol. The standard InChI is InChI=1S/C20H20N4O5S/c21-13-16-5-1-2-6-18(16)29-14-19(25)22-23-20(26)15-7-9-17(10-8-15)30(27,28)24-11-3-4-12-24/h1-2,5-10H,3-4,11-12,14H2,(H,22,25)(H,23,26). The summed E-state index contributed by atoms with van der Waals surface area (Å²) in [6.07, 6.45) is 1.68. The van der Waals surface area contributed by atoms with Crippen LogP contribution < -0.4 is 15.6 Å². The molecule has 0 aliphatic carbocycles. The minimum atomic E-state index is -3.55. The SMILES string of the molecule is N#Cc1ccccc1OCC(=O)NNC(=O)c1ccc(S(=O)(=O)N2CCCC2)cc1. The Morgan fingerprint density at radius 1 is 1.03 bits per heavy atom. The van der Waals surface area contributed by atoms with Gasteiger partial charge < -0.3 is 4.74 Å². The summed E-state index contributed by atoms with van der Waals surface area (Å²) in [5, 5.41) is 8.99. The van der Waals surface area contributed by atoms with Gasteiger partial charge in [0.05, 0.1) is 10.5 Å². The summed E-state index contributed by atoms with van der Waals surface area (Å²) >= 11 is 0. The highest BCUT2D eigenvalue weighted by Crippen LogP contribution is 2.21. The quantitative estimate of drug-likeness (QED) is 0.665. The Balaban J connectivity index is 1.52. The maximum absolute atomic E-state index is 12.5. The van der Waals surface area contributed by atoms with Crippen LogP contribution in [0.2, 0.25) is 0 Å². The van der Waals surface area contributed by atoms with Crippen molar-refractivity contribution in [2.75, 3.05) is 19.7 Å². The van der Waals surface area contributed by atoms with E-state index in [0.717, 1.165) is 12.8 Å². The lowest BCUT2D eigenvalue weighted by Crippen LogP contribution is -2.43. The second-order valence-corrected chi connectivity index (χ2v) is 8.47. The van der Waals surface area contributed by atoms with Crippen LogP contribution in [0.25, 0.3) is 0 Å². The van der Waals surface area contributed by atoms with Gasteiger partial charge in [-0.15, -0.1) is 0 Å². The number of hydrazine groups is 1. The van der Waals surface area contributed by atoms with E-state index < -0.39 is 28.4 Å². The van der Waals surface area contributed by atoms with Crippen LogP contribution in [-0.2, 0) is 14.8 Å². The molecule has 1 fully saturated rings. The van der Waals surface area contributed by atoms with Gasteiger partial charge in [-0.3, -0.25) is 20.4 Å². The molecule has 0 unspecified atom stereocenters. The Kier molecular flexibility index (Phi) is 6.66. The molecule has 1 saturated heterocycles. The van der Waals surface area contributed by atoms with Gasteiger partial charge in [-0.1, -0.05) is 12.1 Å². The first kappa shape index (κ1) is 21.3. The Morgan fingerprint density at radius 3 is 2.37 bits per heavy atom. The fourth-order valence-electron chi connectivity index (χ4n) is 2.92. The molecule has 1 aliphatic rings. The minimum absolute atomic E-state index is 0.120. The van der Waals surface area contributed by atoms with Crippen LogP contribution >= 0.6 is 0 Å². The van der Waals surface area contributed by atoms with Gasteiger partial charge in [-0.2, -0.15) is 9.57 Å². The maximum Gasteiger partial charge on any atom is 0.276 e. The molecule has 2 aromatic rings. The predicted molar refractivity (Wildman–Crippen MR) is 107 cm³/mol. The lowest BCUT2D eigenvalue weighted by molar-refractivity contribution is -0.123. The van der Waals surface area contributed by atoms with Crippen molar-refractivity contribution < 1.29 is 22.7 Å². The van der Waals surface area contributed by atoms with E-state index in [0.29, 0.717) is 18.7 Å². The third kappa shape index (κ3) is 4.94. The highest BCUT2D eigenvalue weighted by molar-refractivity contribution is 7.89. The van der Waals surface area contributed by atoms with Crippen LogP contribution in [0.5, 0.6) is 5.75 Å². The van der Waals surface area contributed by atoms with Crippen LogP contribution in [-0.4, -0.2) is 44.2 Å². The summed E-state index contributed by atoms with van der Waals surface area (Å²) in [6, 6.07) is 13.9. The van der Waals surface area contributed by atoms with Gasteiger partial charge in [0.1, 0.15) is 11.8 Å². The molecule has 156 valence electrons. The first-order valence-corrected chi connectivity index (χ1v) is 10.7. The highest BCUT2D eigenvalue weighted by atomic mass is 32.2. The number of nitriles is 1. The summed E-state index contributed by atoms with van der Waals surface area (Å²) in [7, 11) is -3.55. The van der Waals surface area contributed by atoms with E-state index in [-0.39, 0.29) is 16.2 Å². The lowest BCUT2D eigenvalue weighted by Gasteiger charge is -2.15. The summed E-state index contributed by atoms with van der Waals surface area (Å²) in [5.41, 5.74) is 4.92. The van der Waals surface area contributed by atoms with E-state index in [9.17, 15) is 18.0 Å². The van der Waals surface area contributed by atoms with Crippen LogP contribution in [0.15, 0.2) is 53.4 Å². The van der Waals surface area contributed by atoms with Crippen LogP contribution in [0.3, 0.4) is 0 Å². The summed E-state index contributed by atoms with van der Waals surface area (Å²) < 4.78 is 31.7. The van der Waals surface area contributed by atoms with Gasteiger partial charge in [0.25, 0.3) is 11.8 Å². The molecule has 2 N–H and O–H groups in total. The number of rotatable bonds is 6. The van der Waals surface area contributed by atoms with E-state index in [1.807, 2.05) is 6.07 Å². The molecule has 0 bridgehead atoms. The third-order valence-corrected chi connectivity index (χ3v) is 6.41. The lowest BCUT2D eigenvalue weighted by atomic mass is 10.2. The van der Waals surface area contributed by atoms with Gasteiger partial charge in [0.15, 0.2) is 6.61 Å². The largest absolute Gasteiger partial charge is 0.482 e. The van der Waals surface area contributed by atoms with Crippen molar-refractivity contribution in [2.24, 2.45) is 0 Å². The monoisotopic (exact) mass is 428 g/mol. The highest BCUT2D eigenvalue weighted by Gasteiger charge is 2.27. The molecule has 30 heavy (non-hydrogen) atoms. The average molecular weight is 428 g/mol. The van der Waals surface area contributed by atoms with Crippen molar-refractivity contribution >= 4 is 21.8 Å². The van der Waals surface area contributed by atoms with Gasteiger partial charge >= 0.3 is 0 Å². The number of nitrogens with one attached hydrogen (secondary N) is 2. The number of hydrogen-bond acceptors (Lipinski definition) is 6. The number of sulfonamides is 1. The average Bonchev–Trinajstić information content (AvgIpc) is 3.32. The molecule has 0 aromatic heterocycles. The van der Waals surface area contributed by atoms with Crippen LogP contribution in [0, 0.1) is 11.3 Å². The van der Waals surface area contributed by atoms with Crippen molar-refractivity contribution in [3.05, 3.63) is 59.7 Å². The number of carbonyl (C=O) groups is 2. The molecule has 1 heterocycles. The van der Waals surface area contributed by atoms with Crippen LogP contribution in [0.1, 0.15) is 28.8 Å². The summed E-state index contributed by atoms with van der Waals surface area (Å²) in [6.45, 7) is 0.598. The van der Waals surface area contributed by atoms with Crippen molar-refractivity contribution in [3.8, 4) is 11.8 Å². The molecule has 2 amide bonds. The van der Waals surface area contributed by atoms with Gasteiger partial charge in [-0.25, -0.2) is 8.42 Å². The fourth-order valence-corrected chi connectivity index (χ4v) is 4.44. The number of amides is 2. The Labute approximate surface area is 174 Å². The van der Waals surface area contributed by atoms with Crippen LogP contribution in [0.4, 0.5) is 0 Å². The molecule has 9 nitrogen and oxygen atoms in total. The number of nitrogens with zero attached hydrogens (tertiary/aromatic N) is 2. The smallest absolute Gasteiger partial charge is 0.276 e. The molecule has 3 rings (SSSR count). The van der Waals surface area contributed by atoms with E-state index >= 15 is 0 Å². The first-order valence-electron chi connectivity index (χ1n) is 9.23. The van der Waals surface area contributed by atoms with Crippen molar-refractivity contribution in [1.29, 1.82) is 5.26 Å². The Hall–Kier alpha value is -3.42. The minimum Gasteiger partial charge on any atom is -0.482 e. The summed E-state index contributed by atoms with van der Waals surface area (Å²) in [5.74, 6) is -0.966. The van der Waals surface area contributed by atoms with Crippen molar-refractivity contribution in [3.63, 3.8) is 0 Å². The van der Waals surface area contributed by atoms with Gasteiger partial charge in [-0.05, 0) is 49.2 Å². The maximum atomic E-state index is 12.5. The molecule has 0 saturated carbocycles. The first-order chi connectivity index (χ1) is 14.4. The third-order valence-electron chi connectivity index (χ3n) is 4.50. The molecule has 1 aliphatic heterocycles. The number of hydrogen-bond donors (Lipinski definition) is 2. The molecule has 0 atom stereocenters. The predicted octanol–water partition coefficient (Wildman–Crippen LogP) is 1.18. The van der Waals surface area contributed by atoms with Gasteiger partial charge in [0.2, 0.25) is 10.0 Å². The molecule has 10 heteroatoms. The number of para-hydroxylation sites is 1. The topological polar surface area (TPSA) is 129 Å². The van der Waals surface area contributed by atoms with E-state index in [1.165, 1.54) is 28.6 Å². The van der Waals surface area contributed by atoms with E-state index in [4.69, 9.17) is 10.00 Å². The number of benzene rings is 2. The Morgan fingerprint density at radius 2 is 1.70 bits per heavy atom. The van der Waals surface area contributed by atoms with E-state index in [2.05, 4.69) is 10.9 Å². The van der Waals surface area contributed by atoms with E-state index in [1.54, 1.807) is 24.3 Å². The second kappa shape index (κ2) is 9.39. The van der Waals surface area contributed by atoms with Crippen molar-refractivity contribution in [2.45, 2.75) is 17.7 Å². The molecule has 0 spiro atoms. The Bertz CT molecular complexity index is 1070. The zero-order valence-electron chi connectivity index (χ0n) is 16.0. The fraction of sp³-hybridized carbons (Fsp3) is 0.250. The number of carbonyl (C=O) groups excluding carboxylic acids is 2. The number of ether oxygens (including phenoxy) is 1. The van der Waals surface area contributed by atoms with Crippen molar-refractivity contribution in [1.82, 2.24) is 15.2 Å². The molecule has 0 radical (unpaired) electrons. The molecular formula is C20H20N4O5S. The second-order valence-electron chi connectivity index (χ2n) is 6.53. The van der Waals surface area contributed by atoms with Gasteiger partial charge in [0, 0.05) is 18.7 Å². The zero-order valence-corrected chi connectivity index (χ0v) is 16.8. The molecule has 2 aromatic carbocycles. The normalized spacial score (nSPS) is 14.0. The summed E-state index contributed by atoms with van der Waals surface area (Å²) in [4.78, 5) is 24.2. The zero-order chi connectivity index (χ0) is 21.6.